The van der Waals surface area contributed by atoms with Crippen LogP contribution in [0.25, 0.3) is 0 Å². The molecular weight excluding hydrogens is 344 g/mol. The van der Waals surface area contributed by atoms with Gasteiger partial charge in [-0.25, -0.2) is 0 Å². The molecule has 0 aliphatic carbocycles. The van der Waals surface area contributed by atoms with E-state index in [-0.39, 0.29) is 0 Å². The Bertz CT molecular complexity index is 418. The van der Waals surface area contributed by atoms with E-state index in [0.29, 0.717) is 0 Å². The van der Waals surface area contributed by atoms with E-state index in [9.17, 15) is 0 Å². The molecule has 1 aromatic rings. The lowest BCUT2D eigenvalue weighted by atomic mass is 9.96. The van der Waals surface area contributed by atoms with E-state index < -0.39 is 0 Å². The predicted molar refractivity (Wildman–Crippen MR) is 94.9 cm³/mol. The molecule has 2 aliphatic rings. The normalized spacial score (nSPS) is 23.3. The van der Waals surface area contributed by atoms with E-state index in [4.69, 9.17) is 0 Å². The minimum atomic E-state index is 0.939. The van der Waals surface area contributed by atoms with Crippen molar-refractivity contribution in [1.82, 2.24) is 9.80 Å². The highest BCUT2D eigenvalue weighted by Crippen LogP contribution is 2.26. The van der Waals surface area contributed by atoms with Gasteiger partial charge < -0.3 is 4.90 Å². The molecule has 2 aliphatic heterocycles. The summed E-state index contributed by atoms with van der Waals surface area (Å²) in [6, 6.07) is 4.43. The fraction of sp³-hybridized carbons (Fsp3) is 0.765. The van der Waals surface area contributed by atoms with Gasteiger partial charge >= 0.3 is 0 Å². The van der Waals surface area contributed by atoms with Gasteiger partial charge in [-0.15, -0.1) is 11.3 Å². The second kappa shape index (κ2) is 8.09. The molecule has 0 amide bonds. The van der Waals surface area contributed by atoms with Crippen LogP contribution in [0.15, 0.2) is 15.9 Å². The molecule has 118 valence electrons. The summed E-state index contributed by atoms with van der Waals surface area (Å²) < 4.78 is 1.26. The van der Waals surface area contributed by atoms with Crippen molar-refractivity contribution in [2.75, 3.05) is 32.7 Å². The smallest absolute Gasteiger partial charge is 0.0701 e. The fourth-order valence-electron chi connectivity index (χ4n) is 3.67. The molecule has 2 nitrogen and oxygen atoms in total. The summed E-state index contributed by atoms with van der Waals surface area (Å²) in [5.41, 5.74) is 0. The molecule has 1 aromatic heterocycles. The number of thiophene rings is 1. The zero-order chi connectivity index (χ0) is 14.5. The molecule has 3 rings (SSSR count). The second-order valence-electron chi connectivity index (χ2n) is 6.64. The van der Waals surface area contributed by atoms with Crippen LogP contribution in [-0.2, 0) is 6.54 Å². The first-order chi connectivity index (χ1) is 10.3. The Balaban J connectivity index is 1.40. The van der Waals surface area contributed by atoms with Gasteiger partial charge in [-0.3, -0.25) is 4.90 Å². The molecular formula is C17H27BrN2S. The Labute approximate surface area is 141 Å². The van der Waals surface area contributed by atoms with Gasteiger partial charge in [0.05, 0.1) is 3.79 Å². The van der Waals surface area contributed by atoms with Gasteiger partial charge in [-0.05, 0) is 85.8 Å². The predicted octanol–water partition coefficient (Wildman–Crippen LogP) is 4.60. The average Bonchev–Trinajstić information content (AvgIpc) is 2.74. The average molecular weight is 371 g/mol. The third-order valence-electron chi connectivity index (χ3n) is 4.93. The van der Waals surface area contributed by atoms with Crippen molar-refractivity contribution < 1.29 is 0 Å². The van der Waals surface area contributed by atoms with E-state index >= 15 is 0 Å². The van der Waals surface area contributed by atoms with Gasteiger partial charge in [-0.2, -0.15) is 0 Å². The maximum absolute atomic E-state index is 3.56. The van der Waals surface area contributed by atoms with Gasteiger partial charge in [-0.1, -0.05) is 12.8 Å². The van der Waals surface area contributed by atoms with Gasteiger partial charge in [0.25, 0.3) is 0 Å². The molecule has 21 heavy (non-hydrogen) atoms. The quantitative estimate of drug-likeness (QED) is 0.763. The Morgan fingerprint density at radius 1 is 0.952 bits per heavy atom. The summed E-state index contributed by atoms with van der Waals surface area (Å²) in [4.78, 5) is 6.87. The Kier molecular flexibility index (Phi) is 6.16. The minimum Gasteiger partial charge on any atom is -0.303 e. The molecule has 0 bridgehead atoms. The van der Waals surface area contributed by atoms with E-state index in [1.54, 1.807) is 0 Å². The first-order valence-corrected chi connectivity index (χ1v) is 10.1. The van der Waals surface area contributed by atoms with Crippen molar-refractivity contribution in [2.45, 2.75) is 45.1 Å². The number of hydrogen-bond donors (Lipinski definition) is 0. The van der Waals surface area contributed by atoms with Crippen LogP contribution >= 0.6 is 27.3 Å². The number of rotatable bonds is 4. The maximum atomic E-state index is 3.56. The summed E-state index contributed by atoms with van der Waals surface area (Å²) in [7, 11) is 0. The van der Waals surface area contributed by atoms with Crippen LogP contribution < -0.4 is 0 Å². The van der Waals surface area contributed by atoms with Crippen molar-refractivity contribution in [3.05, 3.63) is 20.8 Å². The van der Waals surface area contributed by atoms with E-state index in [1.165, 1.54) is 79.9 Å². The van der Waals surface area contributed by atoms with E-state index in [1.807, 2.05) is 11.3 Å². The van der Waals surface area contributed by atoms with Gasteiger partial charge in [0, 0.05) is 18.0 Å². The highest BCUT2D eigenvalue weighted by Gasteiger charge is 2.22. The molecule has 0 spiro atoms. The van der Waals surface area contributed by atoms with Gasteiger partial charge in [0.1, 0.15) is 0 Å². The Morgan fingerprint density at radius 3 is 2.29 bits per heavy atom. The van der Waals surface area contributed by atoms with Crippen LogP contribution in [0.4, 0.5) is 0 Å². The molecule has 3 heterocycles. The van der Waals surface area contributed by atoms with Crippen molar-refractivity contribution in [3.63, 3.8) is 0 Å². The first-order valence-electron chi connectivity index (χ1n) is 8.48. The van der Waals surface area contributed by atoms with Gasteiger partial charge in [0.2, 0.25) is 0 Å². The number of hydrogen-bond acceptors (Lipinski definition) is 3. The minimum absolute atomic E-state index is 0.939. The molecule has 0 N–H and O–H groups in total. The van der Waals surface area contributed by atoms with Gasteiger partial charge in [0.15, 0.2) is 0 Å². The molecule has 0 saturated carbocycles. The number of likely N-dealkylation sites (tertiary alicyclic amines) is 2. The second-order valence-corrected chi connectivity index (χ2v) is 9.19. The molecule has 2 fully saturated rings. The number of piperidine rings is 1. The lowest BCUT2D eigenvalue weighted by Gasteiger charge is -2.34. The number of halogens is 1. The Morgan fingerprint density at radius 2 is 1.67 bits per heavy atom. The van der Waals surface area contributed by atoms with Crippen LogP contribution in [0.1, 0.15) is 43.4 Å². The number of nitrogens with zero attached hydrogens (tertiary/aromatic N) is 2. The molecule has 0 atom stereocenters. The topological polar surface area (TPSA) is 6.48 Å². The summed E-state index contributed by atoms with van der Waals surface area (Å²) in [6.07, 6.45) is 8.53. The van der Waals surface area contributed by atoms with Crippen LogP contribution in [0.2, 0.25) is 0 Å². The van der Waals surface area contributed by atoms with Crippen molar-refractivity contribution >= 4 is 27.3 Å². The lowest BCUT2D eigenvalue weighted by Crippen LogP contribution is -2.38. The maximum Gasteiger partial charge on any atom is 0.0701 e. The summed E-state index contributed by atoms with van der Waals surface area (Å²) >= 11 is 5.44. The highest BCUT2D eigenvalue weighted by molar-refractivity contribution is 9.11. The van der Waals surface area contributed by atoms with Crippen LogP contribution in [0, 0.1) is 5.92 Å². The third kappa shape index (κ3) is 5.05. The van der Waals surface area contributed by atoms with Crippen LogP contribution in [-0.4, -0.2) is 42.5 Å². The summed E-state index contributed by atoms with van der Waals surface area (Å²) in [6.45, 7) is 7.78. The molecule has 0 aromatic carbocycles. The van der Waals surface area contributed by atoms with Crippen LogP contribution in [0.5, 0.6) is 0 Å². The molecule has 0 radical (unpaired) electrons. The van der Waals surface area contributed by atoms with Crippen LogP contribution in [0.3, 0.4) is 0 Å². The fourth-order valence-corrected chi connectivity index (χ4v) is 5.19. The monoisotopic (exact) mass is 370 g/mol. The van der Waals surface area contributed by atoms with Crippen molar-refractivity contribution in [3.8, 4) is 0 Å². The van der Waals surface area contributed by atoms with Crippen molar-refractivity contribution in [2.24, 2.45) is 5.92 Å². The standard InChI is InChI=1S/C17H27BrN2S/c18-17-6-5-16(21-17)14-20-11-7-15(8-12-20)13-19-9-3-1-2-4-10-19/h5-6,15H,1-4,7-14H2. The molecule has 0 unspecified atom stereocenters. The summed E-state index contributed by atoms with van der Waals surface area (Å²) in [5, 5.41) is 0. The molecule has 2 saturated heterocycles. The van der Waals surface area contributed by atoms with Crippen molar-refractivity contribution in [1.29, 1.82) is 0 Å². The zero-order valence-corrected chi connectivity index (χ0v) is 15.3. The zero-order valence-electron chi connectivity index (χ0n) is 12.9. The third-order valence-corrected chi connectivity index (χ3v) is 6.54. The summed E-state index contributed by atoms with van der Waals surface area (Å²) in [5.74, 6) is 0.939. The first kappa shape index (κ1) is 16.0. The van der Waals surface area contributed by atoms with E-state index in [2.05, 4.69) is 37.9 Å². The highest BCUT2D eigenvalue weighted by atomic mass is 79.9. The van der Waals surface area contributed by atoms with E-state index in [0.717, 1.165) is 12.5 Å². The Hall–Kier alpha value is 0.1000. The SMILES string of the molecule is Brc1ccc(CN2CCC(CN3CCCCCC3)CC2)s1. The largest absolute Gasteiger partial charge is 0.303 e. The lowest BCUT2D eigenvalue weighted by molar-refractivity contribution is 0.141. The molecule has 4 heteroatoms.